The summed E-state index contributed by atoms with van der Waals surface area (Å²) in [6, 6.07) is 2.61. The van der Waals surface area contributed by atoms with Crippen molar-refractivity contribution >= 4 is 17.5 Å². The molecule has 0 bridgehead atoms. The molecule has 0 saturated carbocycles. The van der Waals surface area contributed by atoms with Crippen LogP contribution in [-0.2, 0) is 17.4 Å². The summed E-state index contributed by atoms with van der Waals surface area (Å²) in [4.78, 5) is 11.4. The molecular weight excluding hydrogens is 303 g/mol. The van der Waals surface area contributed by atoms with Crippen LogP contribution in [-0.4, -0.2) is 5.91 Å². The van der Waals surface area contributed by atoms with E-state index in [0.29, 0.717) is 5.56 Å². The highest BCUT2D eigenvalue weighted by Crippen LogP contribution is 2.39. The van der Waals surface area contributed by atoms with E-state index in [-0.39, 0.29) is 12.0 Å². The summed E-state index contributed by atoms with van der Waals surface area (Å²) in [5.74, 6) is 4.31. The van der Waals surface area contributed by atoms with Gasteiger partial charge in [0.15, 0.2) is 0 Å². The van der Waals surface area contributed by atoms with Gasteiger partial charge in [0.1, 0.15) is 0 Å². The Balaban J connectivity index is 3.54. The normalized spacial score (nSPS) is 11.8. The lowest BCUT2D eigenvalue weighted by molar-refractivity contribution is -0.137. The van der Waals surface area contributed by atoms with Crippen LogP contribution in [0.2, 0.25) is 5.02 Å². The summed E-state index contributed by atoms with van der Waals surface area (Å²) in [6.07, 6.45) is -4.57. The van der Waals surface area contributed by atoms with Crippen LogP contribution in [0.3, 0.4) is 0 Å². The number of alkyl halides is 3. The summed E-state index contributed by atoms with van der Waals surface area (Å²) in [7, 11) is 0. The highest BCUT2D eigenvalue weighted by atomic mass is 35.5. The highest BCUT2D eigenvalue weighted by Gasteiger charge is 2.37. The zero-order chi connectivity index (χ0) is 16.4. The number of benzene rings is 1. The monoisotopic (exact) mass is 317 g/mol. The van der Waals surface area contributed by atoms with E-state index in [9.17, 15) is 18.0 Å². The van der Waals surface area contributed by atoms with Crippen molar-refractivity contribution in [1.29, 1.82) is 0 Å². The van der Waals surface area contributed by atoms with Crippen LogP contribution in [0.1, 0.15) is 37.5 Å². The van der Waals surface area contributed by atoms with Gasteiger partial charge in [-0.1, -0.05) is 37.4 Å². The molecule has 1 aromatic rings. The minimum Gasteiger partial charge on any atom is -0.369 e. The summed E-state index contributed by atoms with van der Waals surface area (Å²) < 4.78 is 39.5. The van der Waals surface area contributed by atoms with Gasteiger partial charge in [0, 0.05) is 11.0 Å². The first kappa shape index (κ1) is 17.4. The minimum atomic E-state index is -4.62. The number of primary amides is 1. The molecule has 2 nitrogen and oxygen atoms in total. The van der Waals surface area contributed by atoms with Crippen LogP contribution in [0, 0.1) is 17.3 Å². The molecule has 0 aromatic heterocycles. The first-order valence-corrected chi connectivity index (χ1v) is 6.49. The second-order valence-electron chi connectivity index (χ2n) is 5.25. The fraction of sp³-hybridized carbons (Fsp3) is 0.400. The number of carbonyl (C=O) groups excluding carboxylic acids is 1. The minimum absolute atomic E-state index is 0.0482. The van der Waals surface area contributed by atoms with E-state index in [2.05, 4.69) is 11.8 Å². The van der Waals surface area contributed by atoms with E-state index in [1.54, 1.807) is 13.8 Å². The zero-order valence-corrected chi connectivity index (χ0v) is 12.6. The number of rotatable bonds is 3. The van der Waals surface area contributed by atoms with Crippen molar-refractivity contribution < 1.29 is 18.0 Å². The number of amides is 1. The van der Waals surface area contributed by atoms with Gasteiger partial charge in [-0.25, -0.2) is 0 Å². The SMILES string of the molecule is CC#Cc1c(CC(C)(C)C(N)=O)ccc(Cl)c1C(F)(F)F. The van der Waals surface area contributed by atoms with Gasteiger partial charge in [0.2, 0.25) is 5.91 Å². The van der Waals surface area contributed by atoms with Crippen LogP contribution >= 0.6 is 11.6 Å². The van der Waals surface area contributed by atoms with Gasteiger partial charge in [-0.15, -0.1) is 5.92 Å². The first-order chi connectivity index (χ1) is 9.50. The van der Waals surface area contributed by atoms with Crippen molar-refractivity contribution in [3.05, 3.63) is 33.8 Å². The summed E-state index contributed by atoms with van der Waals surface area (Å²) in [5, 5.41) is -0.416. The quantitative estimate of drug-likeness (QED) is 0.847. The Hall–Kier alpha value is -1.67. The van der Waals surface area contributed by atoms with Crippen molar-refractivity contribution in [2.75, 3.05) is 0 Å². The molecule has 1 amide bonds. The molecule has 6 heteroatoms. The van der Waals surface area contributed by atoms with Gasteiger partial charge in [-0.05, 0) is 25.0 Å². The number of nitrogens with two attached hydrogens (primary N) is 1. The largest absolute Gasteiger partial charge is 0.419 e. The average molecular weight is 318 g/mol. The second-order valence-corrected chi connectivity index (χ2v) is 5.66. The molecule has 1 rings (SSSR count). The number of carbonyl (C=O) groups is 1. The second kappa shape index (κ2) is 5.98. The van der Waals surface area contributed by atoms with Crippen LogP contribution in [0.15, 0.2) is 12.1 Å². The molecule has 0 aliphatic heterocycles. The first-order valence-electron chi connectivity index (χ1n) is 6.12. The van der Waals surface area contributed by atoms with E-state index in [0.717, 1.165) is 6.07 Å². The van der Waals surface area contributed by atoms with Crippen molar-refractivity contribution in [2.24, 2.45) is 11.1 Å². The summed E-state index contributed by atoms with van der Waals surface area (Å²) in [6.45, 7) is 4.57. The molecule has 0 spiro atoms. The van der Waals surface area contributed by atoms with Crippen LogP contribution in [0.25, 0.3) is 0 Å². The van der Waals surface area contributed by atoms with Crippen molar-refractivity contribution in [3.8, 4) is 11.8 Å². The molecule has 0 atom stereocenters. The fourth-order valence-corrected chi connectivity index (χ4v) is 2.14. The molecule has 114 valence electrons. The van der Waals surface area contributed by atoms with Crippen molar-refractivity contribution in [2.45, 2.75) is 33.4 Å². The molecule has 0 fully saturated rings. The topological polar surface area (TPSA) is 43.1 Å². The zero-order valence-electron chi connectivity index (χ0n) is 11.9. The molecule has 0 aliphatic carbocycles. The number of hydrogen-bond acceptors (Lipinski definition) is 1. The summed E-state index contributed by atoms with van der Waals surface area (Å²) >= 11 is 5.68. The maximum Gasteiger partial charge on any atom is 0.419 e. The van der Waals surface area contributed by atoms with Crippen LogP contribution in [0.5, 0.6) is 0 Å². The lowest BCUT2D eigenvalue weighted by Gasteiger charge is -2.23. The van der Waals surface area contributed by atoms with Gasteiger partial charge in [0.25, 0.3) is 0 Å². The molecule has 1 aromatic carbocycles. The molecule has 0 unspecified atom stereocenters. The summed E-state index contributed by atoms with van der Waals surface area (Å²) in [5.41, 5.74) is 3.41. The van der Waals surface area contributed by atoms with Crippen LogP contribution in [0.4, 0.5) is 13.2 Å². The van der Waals surface area contributed by atoms with E-state index in [4.69, 9.17) is 17.3 Å². The molecule has 0 radical (unpaired) electrons. The molecule has 0 saturated heterocycles. The average Bonchev–Trinajstić information content (AvgIpc) is 2.31. The Morgan fingerprint density at radius 2 is 1.90 bits per heavy atom. The maximum absolute atomic E-state index is 13.2. The predicted octanol–water partition coefficient (Wildman–Crippen LogP) is 3.78. The van der Waals surface area contributed by atoms with E-state index in [1.165, 1.54) is 13.0 Å². The molecule has 21 heavy (non-hydrogen) atoms. The smallest absolute Gasteiger partial charge is 0.369 e. The molecular formula is C15H15ClF3NO. The third-order valence-corrected chi connectivity index (χ3v) is 3.39. The molecule has 0 aliphatic rings. The van der Waals surface area contributed by atoms with Gasteiger partial charge >= 0.3 is 6.18 Å². The van der Waals surface area contributed by atoms with E-state index >= 15 is 0 Å². The maximum atomic E-state index is 13.2. The molecule has 2 N–H and O–H groups in total. The Labute approximate surface area is 126 Å². The van der Waals surface area contributed by atoms with Crippen molar-refractivity contribution in [3.63, 3.8) is 0 Å². The Morgan fingerprint density at radius 3 is 2.33 bits per heavy atom. The third kappa shape index (κ3) is 3.92. The lowest BCUT2D eigenvalue weighted by Crippen LogP contribution is -2.33. The van der Waals surface area contributed by atoms with Gasteiger partial charge in [-0.2, -0.15) is 13.2 Å². The Morgan fingerprint density at radius 1 is 1.33 bits per heavy atom. The standard InChI is InChI=1S/C15H15ClF3NO/c1-4-5-10-9(8-14(2,3)13(20)21)6-7-11(16)12(10)15(17,18)19/h6-7H,8H2,1-3H3,(H2,20,21). The molecule has 0 heterocycles. The lowest BCUT2D eigenvalue weighted by atomic mass is 9.82. The van der Waals surface area contributed by atoms with E-state index in [1.807, 2.05) is 0 Å². The van der Waals surface area contributed by atoms with E-state index < -0.39 is 28.1 Å². The predicted molar refractivity (Wildman–Crippen MR) is 75.7 cm³/mol. The van der Waals surface area contributed by atoms with Crippen LogP contribution < -0.4 is 5.73 Å². The fourth-order valence-electron chi connectivity index (χ4n) is 1.88. The number of halogens is 4. The van der Waals surface area contributed by atoms with Gasteiger partial charge in [0.05, 0.1) is 10.6 Å². The number of hydrogen-bond donors (Lipinski definition) is 1. The van der Waals surface area contributed by atoms with Gasteiger partial charge < -0.3 is 5.73 Å². The Kier molecular flexibility index (Phi) is 4.95. The van der Waals surface area contributed by atoms with Gasteiger partial charge in [-0.3, -0.25) is 4.79 Å². The third-order valence-electron chi connectivity index (χ3n) is 3.07. The van der Waals surface area contributed by atoms with Crippen molar-refractivity contribution in [1.82, 2.24) is 0 Å². The Bertz CT molecular complexity index is 624. The highest BCUT2D eigenvalue weighted by molar-refractivity contribution is 6.31.